The normalized spacial score (nSPS) is 28.8. The van der Waals surface area contributed by atoms with Gasteiger partial charge < -0.3 is 29.2 Å². The van der Waals surface area contributed by atoms with Crippen molar-refractivity contribution in [2.24, 2.45) is 0 Å². The minimum atomic E-state index is -1.45. The van der Waals surface area contributed by atoms with Gasteiger partial charge in [0.2, 0.25) is 0 Å². The van der Waals surface area contributed by atoms with E-state index in [0.717, 1.165) is 4.57 Å². The molecule has 0 spiro atoms. The van der Waals surface area contributed by atoms with Gasteiger partial charge in [0.1, 0.15) is 24.9 Å². The molecule has 0 aliphatic carbocycles. The second-order valence-electron chi connectivity index (χ2n) is 6.80. The number of nitrogens with zero attached hydrogens (tertiary/aromatic N) is 2. The predicted octanol–water partition coefficient (Wildman–Crippen LogP) is -1.21. The van der Waals surface area contributed by atoms with Crippen LogP contribution in [0.3, 0.4) is 0 Å². The molecule has 12 nitrogen and oxygen atoms in total. The monoisotopic (exact) mass is 415 g/mol. The van der Waals surface area contributed by atoms with E-state index in [9.17, 15) is 19.8 Å². The average Bonchev–Trinajstić information content (AvgIpc) is 3.01. The van der Waals surface area contributed by atoms with Crippen molar-refractivity contribution < 1.29 is 39.2 Å². The molecule has 1 aromatic rings. The molecule has 2 aliphatic rings. The molecule has 162 valence electrons. The maximum atomic E-state index is 12.6. The molecule has 3 heterocycles. The number of aliphatic hydroxyl groups is 2. The molecule has 3 rings (SSSR count). The van der Waals surface area contributed by atoms with Gasteiger partial charge in [-0.15, -0.1) is 0 Å². The van der Waals surface area contributed by atoms with Gasteiger partial charge in [-0.25, -0.2) is 9.59 Å². The van der Waals surface area contributed by atoms with Crippen LogP contribution >= 0.6 is 0 Å². The van der Waals surface area contributed by atoms with E-state index in [1.807, 2.05) is 0 Å². The molecular weight excluding hydrogens is 390 g/mol. The van der Waals surface area contributed by atoms with E-state index in [-0.39, 0.29) is 12.4 Å². The van der Waals surface area contributed by atoms with Crippen molar-refractivity contribution in [3.8, 4) is 0 Å². The third-order valence-electron chi connectivity index (χ3n) is 5.03. The van der Waals surface area contributed by atoms with Crippen molar-refractivity contribution in [1.29, 1.82) is 0 Å². The summed E-state index contributed by atoms with van der Waals surface area (Å²) < 4.78 is 22.8. The zero-order valence-electron chi connectivity index (χ0n) is 15.9. The van der Waals surface area contributed by atoms with E-state index >= 15 is 0 Å². The van der Waals surface area contributed by atoms with E-state index in [1.54, 1.807) is 12.4 Å². The summed E-state index contributed by atoms with van der Waals surface area (Å²) in [5.74, 6) is -0.670. The molecule has 0 radical (unpaired) electrons. The molecule has 0 unspecified atom stereocenters. The molecule has 0 amide bonds. The van der Waals surface area contributed by atoms with Crippen LogP contribution in [-0.4, -0.2) is 81.3 Å². The minimum absolute atomic E-state index is 0.0811. The van der Waals surface area contributed by atoms with Gasteiger partial charge in [-0.05, 0) is 13.0 Å². The van der Waals surface area contributed by atoms with Crippen LogP contribution in [0, 0.1) is 0 Å². The maximum absolute atomic E-state index is 12.6. The van der Waals surface area contributed by atoms with Crippen LogP contribution < -0.4 is 11.2 Å². The van der Waals surface area contributed by atoms with Crippen molar-refractivity contribution >= 4 is 11.8 Å². The molecule has 12 heteroatoms. The lowest BCUT2D eigenvalue weighted by molar-refractivity contribution is -0.188. The number of hydrogen-bond acceptors (Lipinski definition) is 11. The Morgan fingerprint density at radius 1 is 1.38 bits per heavy atom. The summed E-state index contributed by atoms with van der Waals surface area (Å²) in [6.07, 6.45) is -3.18. The van der Waals surface area contributed by atoms with Crippen LogP contribution in [0.15, 0.2) is 17.1 Å². The highest BCUT2D eigenvalue weighted by Gasteiger charge is 2.47. The largest absolute Gasteiger partial charge is 0.461 e. The number of aromatic nitrogens is 2. The Morgan fingerprint density at radius 3 is 2.72 bits per heavy atom. The van der Waals surface area contributed by atoms with Gasteiger partial charge in [0.25, 0.3) is 0 Å². The molecule has 2 fully saturated rings. The molecule has 2 aliphatic heterocycles. The Hall–Kier alpha value is -2.09. The summed E-state index contributed by atoms with van der Waals surface area (Å²) in [4.78, 5) is 28.2. The van der Waals surface area contributed by atoms with E-state index in [1.165, 1.54) is 12.3 Å². The molecule has 29 heavy (non-hydrogen) atoms. The standard InChI is InChI=1S/C17H25N3O9/c1-2-28-17(4-7-26-8-5-17)15(23)27-9-10-12(21)13(22)14(29-10)20-6-3-11(19-25)18-16(20)24/h3,6,10,12-14,21-22,25H,2,4-5,7-9H2,1H3,(H,18,19,24)/t10-,12-,13-,14-/m1/s1. The lowest BCUT2D eigenvalue weighted by Gasteiger charge is -2.34. The third kappa shape index (κ3) is 4.42. The summed E-state index contributed by atoms with van der Waals surface area (Å²) in [6, 6.07) is 1.29. The van der Waals surface area contributed by atoms with E-state index in [0.29, 0.717) is 32.7 Å². The Balaban J connectivity index is 1.66. The summed E-state index contributed by atoms with van der Waals surface area (Å²) in [5.41, 5.74) is -0.182. The SMILES string of the molecule is CCOC1(C(=O)OC[C@H]2O[C@@H](n3ccc(NO)nc3=O)[C@H](O)[C@@H]2O)CCOCC1. The van der Waals surface area contributed by atoms with Gasteiger partial charge >= 0.3 is 11.7 Å². The van der Waals surface area contributed by atoms with E-state index in [4.69, 9.17) is 24.2 Å². The van der Waals surface area contributed by atoms with Crippen LogP contribution in [-0.2, 0) is 23.7 Å². The Morgan fingerprint density at radius 2 is 2.10 bits per heavy atom. The van der Waals surface area contributed by atoms with E-state index < -0.39 is 41.8 Å². The predicted molar refractivity (Wildman–Crippen MR) is 95.2 cm³/mol. The molecular formula is C17H25N3O9. The zero-order valence-corrected chi connectivity index (χ0v) is 15.9. The molecule has 1 aromatic heterocycles. The number of anilines is 1. The Labute approximate surface area is 165 Å². The first-order valence-corrected chi connectivity index (χ1v) is 9.31. The van der Waals surface area contributed by atoms with Gasteiger partial charge in [-0.3, -0.25) is 15.3 Å². The summed E-state index contributed by atoms with van der Waals surface area (Å²) in [5, 5.41) is 29.3. The Bertz CT molecular complexity index is 759. The van der Waals surface area contributed by atoms with Crippen LogP contribution in [0.4, 0.5) is 5.82 Å². The fraction of sp³-hybridized carbons (Fsp3) is 0.706. The van der Waals surface area contributed by atoms with Crippen molar-refractivity contribution in [3.63, 3.8) is 0 Å². The topological polar surface area (TPSA) is 162 Å². The number of aliphatic hydroxyl groups excluding tert-OH is 2. The summed E-state index contributed by atoms with van der Waals surface area (Å²) >= 11 is 0. The first-order valence-electron chi connectivity index (χ1n) is 9.31. The van der Waals surface area contributed by atoms with Crippen LogP contribution in [0.2, 0.25) is 0 Å². The quantitative estimate of drug-likeness (QED) is 0.312. The number of esters is 1. The zero-order chi connectivity index (χ0) is 21.0. The highest BCUT2D eigenvalue weighted by molar-refractivity contribution is 5.79. The lowest BCUT2D eigenvalue weighted by Crippen LogP contribution is -2.48. The van der Waals surface area contributed by atoms with Gasteiger partial charge in [-0.1, -0.05) is 0 Å². The Kier molecular flexibility index (Phi) is 6.82. The lowest BCUT2D eigenvalue weighted by atomic mass is 9.94. The molecule has 0 aromatic carbocycles. The van der Waals surface area contributed by atoms with Crippen LogP contribution in [0.1, 0.15) is 26.0 Å². The fourth-order valence-corrected chi connectivity index (χ4v) is 3.44. The number of ether oxygens (including phenoxy) is 4. The average molecular weight is 415 g/mol. The minimum Gasteiger partial charge on any atom is -0.461 e. The first-order chi connectivity index (χ1) is 13.9. The van der Waals surface area contributed by atoms with Gasteiger partial charge in [0.05, 0.1) is 0 Å². The molecule has 0 bridgehead atoms. The highest BCUT2D eigenvalue weighted by Crippen LogP contribution is 2.30. The molecule has 2 saturated heterocycles. The maximum Gasteiger partial charge on any atom is 0.351 e. The molecule has 4 atom stereocenters. The molecule has 0 saturated carbocycles. The van der Waals surface area contributed by atoms with Gasteiger partial charge in [-0.2, -0.15) is 4.98 Å². The van der Waals surface area contributed by atoms with E-state index in [2.05, 4.69) is 4.98 Å². The second kappa shape index (κ2) is 9.15. The molecule has 4 N–H and O–H groups in total. The van der Waals surface area contributed by atoms with Gasteiger partial charge in [0, 0.05) is 38.9 Å². The second-order valence-corrected chi connectivity index (χ2v) is 6.80. The smallest absolute Gasteiger partial charge is 0.351 e. The number of hydrogen-bond donors (Lipinski definition) is 4. The third-order valence-corrected chi connectivity index (χ3v) is 5.03. The number of rotatable bonds is 7. The first kappa shape index (κ1) is 21.6. The van der Waals surface area contributed by atoms with Gasteiger partial charge in [0.15, 0.2) is 17.6 Å². The van der Waals surface area contributed by atoms with Crippen molar-refractivity contribution in [2.45, 2.75) is 49.9 Å². The van der Waals surface area contributed by atoms with Crippen molar-refractivity contribution in [3.05, 3.63) is 22.7 Å². The van der Waals surface area contributed by atoms with Crippen LogP contribution in [0.5, 0.6) is 0 Å². The summed E-state index contributed by atoms with van der Waals surface area (Å²) in [7, 11) is 0. The number of carbonyl (C=O) groups is 1. The van der Waals surface area contributed by atoms with Crippen molar-refractivity contribution in [1.82, 2.24) is 9.55 Å². The summed E-state index contributed by atoms with van der Waals surface area (Å²) in [6.45, 7) is 2.51. The number of carbonyl (C=O) groups excluding carboxylic acids is 1. The highest BCUT2D eigenvalue weighted by atomic mass is 16.6. The number of nitrogens with one attached hydrogen (secondary N) is 1. The fourth-order valence-electron chi connectivity index (χ4n) is 3.44. The van der Waals surface area contributed by atoms with Crippen LogP contribution in [0.25, 0.3) is 0 Å². The van der Waals surface area contributed by atoms with Crippen molar-refractivity contribution in [2.75, 3.05) is 31.9 Å².